The first kappa shape index (κ1) is 17.8. The van der Waals surface area contributed by atoms with Crippen molar-refractivity contribution in [1.82, 2.24) is 15.1 Å². The lowest BCUT2D eigenvalue weighted by Crippen LogP contribution is -2.42. The third-order valence-electron chi connectivity index (χ3n) is 3.66. The van der Waals surface area contributed by atoms with Crippen LogP contribution in [0.5, 0.6) is 0 Å². The maximum absolute atomic E-state index is 12.3. The van der Waals surface area contributed by atoms with Crippen molar-refractivity contribution in [2.45, 2.75) is 51.2 Å². The lowest BCUT2D eigenvalue weighted by Gasteiger charge is -2.33. The summed E-state index contributed by atoms with van der Waals surface area (Å²) in [6.45, 7) is 8.75. The second kappa shape index (κ2) is 7.38. The number of carbonyl (C=O) groups is 1. The van der Waals surface area contributed by atoms with E-state index in [1.807, 2.05) is 33.8 Å². The molecule has 1 amide bonds. The van der Waals surface area contributed by atoms with E-state index in [4.69, 9.17) is 4.74 Å². The third kappa shape index (κ3) is 5.57. The van der Waals surface area contributed by atoms with Crippen LogP contribution in [0.3, 0.4) is 0 Å². The van der Waals surface area contributed by atoms with E-state index in [-0.39, 0.29) is 6.09 Å². The van der Waals surface area contributed by atoms with E-state index in [1.54, 1.807) is 11.0 Å². The summed E-state index contributed by atoms with van der Waals surface area (Å²) in [5, 5.41) is 8.48. The zero-order chi connectivity index (χ0) is 17.0. The average Bonchev–Trinajstić information content (AvgIpc) is 2.46. The Hall–Kier alpha value is -1.50. The number of piperidine rings is 1. The molecule has 1 aromatic heterocycles. The fourth-order valence-corrected chi connectivity index (χ4v) is 3.70. The van der Waals surface area contributed by atoms with Crippen LogP contribution >= 0.6 is 0 Å². The molecular formula is C16H25N3O3S. The van der Waals surface area contributed by atoms with Crippen molar-refractivity contribution in [3.8, 4) is 0 Å². The Balaban J connectivity index is 1.81. The number of nitrogens with zero attached hydrogens (tertiary/aromatic N) is 3. The predicted molar refractivity (Wildman–Crippen MR) is 88.6 cm³/mol. The fraction of sp³-hybridized carbons (Fsp3) is 0.688. The Labute approximate surface area is 140 Å². The third-order valence-corrected chi connectivity index (χ3v) is 5.12. The molecule has 6 nitrogen and oxygen atoms in total. The Kier molecular flexibility index (Phi) is 5.73. The van der Waals surface area contributed by atoms with Crippen LogP contribution < -0.4 is 0 Å². The fourth-order valence-electron chi connectivity index (χ4n) is 2.42. The molecule has 0 aromatic carbocycles. The summed E-state index contributed by atoms with van der Waals surface area (Å²) in [5.74, 6) is 0.900. The van der Waals surface area contributed by atoms with Gasteiger partial charge in [-0.3, -0.25) is 4.21 Å². The van der Waals surface area contributed by atoms with Crippen molar-refractivity contribution in [3.05, 3.63) is 17.8 Å². The molecule has 0 N–H and O–H groups in total. The molecule has 0 unspecified atom stereocenters. The average molecular weight is 339 g/mol. The first-order chi connectivity index (χ1) is 10.7. The Bertz CT molecular complexity index is 561. The smallest absolute Gasteiger partial charge is 0.410 e. The molecule has 7 heteroatoms. The largest absolute Gasteiger partial charge is 0.444 e. The highest BCUT2D eigenvalue weighted by Gasteiger charge is 2.27. The molecule has 2 rings (SSSR count). The van der Waals surface area contributed by atoms with E-state index in [1.165, 1.54) is 0 Å². The molecule has 1 aromatic rings. The maximum Gasteiger partial charge on any atom is 0.410 e. The van der Waals surface area contributed by atoms with Gasteiger partial charge in [0.2, 0.25) is 0 Å². The Morgan fingerprint density at radius 1 is 1.30 bits per heavy atom. The van der Waals surface area contributed by atoms with E-state index in [0.717, 1.165) is 18.5 Å². The first-order valence-electron chi connectivity index (χ1n) is 7.91. The number of aromatic nitrogens is 2. The standard InChI is InChI=1S/C16H25N3O3S/c1-12-5-6-14(18-17-12)23(21)11-13-7-9-19(10-8-13)15(20)22-16(2,3)4/h5-6,13H,7-11H2,1-4H3/t23-/m0/s1. The highest BCUT2D eigenvalue weighted by atomic mass is 32.2. The lowest BCUT2D eigenvalue weighted by molar-refractivity contribution is 0.0191. The van der Waals surface area contributed by atoms with E-state index in [2.05, 4.69) is 10.2 Å². The number of amides is 1. The molecule has 1 aliphatic heterocycles. The van der Waals surface area contributed by atoms with Crippen molar-refractivity contribution >= 4 is 16.9 Å². The monoisotopic (exact) mass is 339 g/mol. The molecule has 1 fully saturated rings. The summed E-state index contributed by atoms with van der Waals surface area (Å²) in [7, 11) is -1.14. The van der Waals surface area contributed by atoms with Crippen LogP contribution in [-0.2, 0) is 15.5 Å². The van der Waals surface area contributed by atoms with Crippen LogP contribution in [0.4, 0.5) is 4.79 Å². The Morgan fingerprint density at radius 3 is 2.48 bits per heavy atom. The summed E-state index contributed by atoms with van der Waals surface area (Å²) in [5.41, 5.74) is 0.343. The van der Waals surface area contributed by atoms with Gasteiger partial charge in [0.25, 0.3) is 0 Å². The van der Waals surface area contributed by atoms with Gasteiger partial charge in [0.1, 0.15) is 10.6 Å². The molecule has 1 atom stereocenters. The van der Waals surface area contributed by atoms with Crippen LogP contribution in [0.1, 0.15) is 39.3 Å². The van der Waals surface area contributed by atoms with Crippen LogP contribution in [-0.4, -0.2) is 49.8 Å². The first-order valence-corrected chi connectivity index (χ1v) is 9.23. The Morgan fingerprint density at radius 2 is 1.96 bits per heavy atom. The van der Waals surface area contributed by atoms with Crippen LogP contribution in [0.25, 0.3) is 0 Å². The number of likely N-dealkylation sites (tertiary alicyclic amines) is 1. The van der Waals surface area contributed by atoms with Crippen molar-refractivity contribution in [1.29, 1.82) is 0 Å². The van der Waals surface area contributed by atoms with Crippen LogP contribution in [0.15, 0.2) is 17.2 Å². The summed E-state index contributed by atoms with van der Waals surface area (Å²) in [6, 6.07) is 3.60. The van der Waals surface area contributed by atoms with E-state index >= 15 is 0 Å². The van der Waals surface area contributed by atoms with Gasteiger partial charge in [-0.05, 0) is 58.6 Å². The number of hydrogen-bond acceptors (Lipinski definition) is 5. The highest BCUT2D eigenvalue weighted by molar-refractivity contribution is 7.84. The van der Waals surface area contributed by atoms with Gasteiger partial charge in [0.15, 0.2) is 0 Å². The van der Waals surface area contributed by atoms with Crippen molar-refractivity contribution < 1.29 is 13.7 Å². The van der Waals surface area contributed by atoms with Gasteiger partial charge in [0.05, 0.1) is 16.5 Å². The predicted octanol–water partition coefficient (Wildman–Crippen LogP) is 2.54. The zero-order valence-corrected chi connectivity index (χ0v) is 15.1. The van der Waals surface area contributed by atoms with Gasteiger partial charge in [-0.1, -0.05) is 0 Å². The van der Waals surface area contributed by atoms with Gasteiger partial charge in [-0.2, -0.15) is 5.10 Å². The summed E-state index contributed by atoms with van der Waals surface area (Å²) < 4.78 is 17.7. The van der Waals surface area contributed by atoms with Crippen molar-refractivity contribution in [2.24, 2.45) is 5.92 Å². The van der Waals surface area contributed by atoms with E-state index in [9.17, 15) is 9.00 Å². The second-order valence-corrected chi connectivity index (χ2v) is 8.38. The van der Waals surface area contributed by atoms with Crippen LogP contribution in [0, 0.1) is 12.8 Å². The molecule has 128 valence electrons. The molecule has 1 saturated heterocycles. The molecule has 0 spiro atoms. The molecule has 23 heavy (non-hydrogen) atoms. The minimum atomic E-state index is -1.14. The highest BCUT2D eigenvalue weighted by Crippen LogP contribution is 2.21. The lowest BCUT2D eigenvalue weighted by atomic mass is 9.99. The molecule has 1 aliphatic rings. The van der Waals surface area contributed by atoms with Gasteiger partial charge >= 0.3 is 6.09 Å². The number of carbonyl (C=O) groups excluding carboxylic acids is 1. The molecule has 2 heterocycles. The number of ether oxygens (including phenoxy) is 1. The van der Waals surface area contributed by atoms with Gasteiger partial charge in [0, 0.05) is 18.8 Å². The summed E-state index contributed by atoms with van der Waals surface area (Å²) in [6.07, 6.45) is 1.41. The molecule has 0 aliphatic carbocycles. The van der Waals surface area contributed by atoms with Gasteiger partial charge in [-0.25, -0.2) is 4.79 Å². The van der Waals surface area contributed by atoms with Crippen molar-refractivity contribution in [2.75, 3.05) is 18.8 Å². The zero-order valence-electron chi connectivity index (χ0n) is 14.2. The van der Waals surface area contributed by atoms with E-state index < -0.39 is 16.4 Å². The number of aryl methyl sites for hydroxylation is 1. The molecule has 0 bridgehead atoms. The molecular weight excluding hydrogens is 314 g/mol. The quantitative estimate of drug-likeness (QED) is 0.846. The van der Waals surface area contributed by atoms with E-state index in [0.29, 0.717) is 29.8 Å². The SMILES string of the molecule is Cc1ccc([S@@](=O)CC2CCN(C(=O)OC(C)(C)C)CC2)nn1. The minimum Gasteiger partial charge on any atom is -0.444 e. The van der Waals surface area contributed by atoms with Crippen LogP contribution in [0.2, 0.25) is 0 Å². The summed E-state index contributed by atoms with van der Waals surface area (Å²) in [4.78, 5) is 13.8. The van der Waals surface area contributed by atoms with Crippen molar-refractivity contribution in [3.63, 3.8) is 0 Å². The van der Waals surface area contributed by atoms with Gasteiger partial charge < -0.3 is 9.64 Å². The normalized spacial score (nSPS) is 17.8. The maximum atomic E-state index is 12.3. The topological polar surface area (TPSA) is 72.4 Å². The minimum absolute atomic E-state index is 0.263. The van der Waals surface area contributed by atoms with Gasteiger partial charge in [-0.15, -0.1) is 5.10 Å². The molecule has 0 saturated carbocycles. The molecule has 0 radical (unpaired) electrons. The second-order valence-electron chi connectivity index (χ2n) is 6.94. The number of hydrogen-bond donors (Lipinski definition) is 0. The summed E-state index contributed by atoms with van der Waals surface area (Å²) >= 11 is 0. The number of rotatable bonds is 3.